The fourth-order valence-corrected chi connectivity index (χ4v) is 2.77. The summed E-state index contributed by atoms with van der Waals surface area (Å²) >= 11 is 1.62. The molecule has 0 aliphatic rings. The third-order valence-electron chi connectivity index (χ3n) is 2.94. The Morgan fingerprint density at radius 2 is 2.25 bits per heavy atom. The molecule has 0 amide bonds. The Bertz CT molecular complexity index is 764. The molecule has 3 rings (SSSR count). The topological polar surface area (TPSA) is 63.1 Å². The fourth-order valence-electron chi connectivity index (χ4n) is 1.83. The molecule has 0 saturated heterocycles. The van der Waals surface area contributed by atoms with Gasteiger partial charge >= 0.3 is 0 Å². The summed E-state index contributed by atoms with van der Waals surface area (Å²) in [4.78, 5) is 12.6. The first-order valence-electron chi connectivity index (χ1n) is 6.15. The van der Waals surface area contributed by atoms with Crippen molar-refractivity contribution in [2.75, 3.05) is 5.43 Å². The molecule has 5 nitrogen and oxygen atoms in total. The Balaban J connectivity index is 1.91. The highest BCUT2D eigenvalue weighted by Crippen LogP contribution is 2.28. The summed E-state index contributed by atoms with van der Waals surface area (Å²) in [5.74, 6) is 0.733. The third-order valence-corrected chi connectivity index (χ3v) is 4.03. The SMILES string of the molecule is CC(=NNc1ncnc2c(C)csc12)c1cccnc1. The zero-order chi connectivity index (χ0) is 13.9. The lowest BCUT2D eigenvalue weighted by Crippen LogP contribution is -2.01. The largest absolute Gasteiger partial charge is 0.264 e. The quantitative estimate of drug-likeness (QED) is 0.592. The molecule has 1 N–H and O–H groups in total. The van der Waals surface area contributed by atoms with Gasteiger partial charge in [-0.2, -0.15) is 5.10 Å². The van der Waals surface area contributed by atoms with Crippen molar-refractivity contribution in [2.24, 2.45) is 5.10 Å². The molecule has 3 heterocycles. The number of aromatic nitrogens is 3. The number of nitrogens with one attached hydrogen (secondary N) is 1. The molecule has 6 heteroatoms. The van der Waals surface area contributed by atoms with Crippen molar-refractivity contribution in [3.8, 4) is 0 Å². The Labute approximate surface area is 120 Å². The minimum Gasteiger partial charge on any atom is -0.264 e. The Morgan fingerprint density at radius 1 is 1.35 bits per heavy atom. The van der Waals surface area contributed by atoms with E-state index in [1.54, 1.807) is 30.1 Å². The summed E-state index contributed by atoms with van der Waals surface area (Å²) in [7, 11) is 0. The van der Waals surface area contributed by atoms with Gasteiger partial charge < -0.3 is 0 Å². The van der Waals surface area contributed by atoms with Gasteiger partial charge in [0.2, 0.25) is 0 Å². The Hall–Kier alpha value is -2.34. The lowest BCUT2D eigenvalue weighted by molar-refractivity contribution is 1.18. The van der Waals surface area contributed by atoms with Crippen LogP contribution in [0, 0.1) is 6.92 Å². The number of hydrogen-bond acceptors (Lipinski definition) is 6. The maximum Gasteiger partial charge on any atom is 0.167 e. The minimum atomic E-state index is 0.733. The van der Waals surface area contributed by atoms with Gasteiger partial charge in [-0.3, -0.25) is 10.4 Å². The standard InChI is InChI=1S/C14H13N5S/c1-9-7-20-13-12(9)16-8-17-14(13)19-18-10(2)11-4-3-5-15-6-11/h3-8H,1-2H3,(H,16,17,19). The highest BCUT2D eigenvalue weighted by Gasteiger charge is 2.07. The molecule has 0 saturated carbocycles. The van der Waals surface area contributed by atoms with Crippen molar-refractivity contribution in [3.05, 3.63) is 47.4 Å². The molecular formula is C14H13N5S. The van der Waals surface area contributed by atoms with Crippen molar-refractivity contribution in [1.29, 1.82) is 0 Å². The van der Waals surface area contributed by atoms with Gasteiger partial charge in [0.1, 0.15) is 6.33 Å². The number of anilines is 1. The lowest BCUT2D eigenvalue weighted by Gasteiger charge is -2.03. The number of hydrogen-bond donors (Lipinski definition) is 1. The Kier molecular flexibility index (Phi) is 3.39. The van der Waals surface area contributed by atoms with E-state index in [0.29, 0.717) is 0 Å². The Morgan fingerprint density at radius 3 is 3.05 bits per heavy atom. The summed E-state index contributed by atoms with van der Waals surface area (Å²) in [6.45, 7) is 3.97. The van der Waals surface area contributed by atoms with Crippen molar-refractivity contribution in [3.63, 3.8) is 0 Å². The molecule has 100 valence electrons. The van der Waals surface area contributed by atoms with E-state index in [1.165, 1.54) is 0 Å². The van der Waals surface area contributed by atoms with Gasteiger partial charge in [0.25, 0.3) is 0 Å². The van der Waals surface area contributed by atoms with Crippen LogP contribution in [0.1, 0.15) is 18.1 Å². The molecule has 0 atom stereocenters. The molecule has 0 aliphatic heterocycles. The molecule has 0 aliphatic carbocycles. The van der Waals surface area contributed by atoms with Crippen LogP contribution in [0.5, 0.6) is 0 Å². The highest BCUT2D eigenvalue weighted by atomic mass is 32.1. The lowest BCUT2D eigenvalue weighted by atomic mass is 10.2. The maximum absolute atomic E-state index is 4.37. The zero-order valence-electron chi connectivity index (χ0n) is 11.2. The first kappa shape index (κ1) is 12.7. The van der Waals surface area contributed by atoms with E-state index in [-0.39, 0.29) is 0 Å². The van der Waals surface area contributed by atoms with Crippen LogP contribution in [0.25, 0.3) is 10.2 Å². The van der Waals surface area contributed by atoms with Crippen LogP contribution >= 0.6 is 11.3 Å². The average Bonchev–Trinajstić information content (AvgIpc) is 2.88. The van der Waals surface area contributed by atoms with E-state index < -0.39 is 0 Å². The third kappa shape index (κ3) is 2.37. The number of fused-ring (bicyclic) bond motifs is 1. The zero-order valence-corrected chi connectivity index (χ0v) is 12.0. The number of aryl methyl sites for hydroxylation is 1. The molecule has 0 unspecified atom stereocenters. The van der Waals surface area contributed by atoms with Gasteiger partial charge in [0.15, 0.2) is 5.82 Å². The molecule has 3 aromatic heterocycles. The molecule has 0 radical (unpaired) electrons. The smallest absolute Gasteiger partial charge is 0.167 e. The van der Waals surface area contributed by atoms with Crippen LogP contribution in [0.15, 0.2) is 41.3 Å². The second kappa shape index (κ2) is 5.34. The second-order valence-corrected chi connectivity index (χ2v) is 5.25. The number of hydrazone groups is 1. The maximum atomic E-state index is 4.37. The van der Waals surface area contributed by atoms with E-state index in [1.807, 2.05) is 26.0 Å². The summed E-state index contributed by atoms with van der Waals surface area (Å²) in [5, 5.41) is 6.44. The average molecular weight is 283 g/mol. The summed E-state index contributed by atoms with van der Waals surface area (Å²) < 4.78 is 1.02. The highest BCUT2D eigenvalue weighted by molar-refractivity contribution is 7.18. The summed E-state index contributed by atoms with van der Waals surface area (Å²) in [6.07, 6.45) is 5.08. The van der Waals surface area contributed by atoms with Crippen molar-refractivity contribution in [1.82, 2.24) is 15.0 Å². The summed E-state index contributed by atoms with van der Waals surface area (Å²) in [5.41, 5.74) is 6.99. The van der Waals surface area contributed by atoms with Crippen molar-refractivity contribution >= 4 is 33.1 Å². The predicted molar refractivity (Wildman–Crippen MR) is 82.2 cm³/mol. The van der Waals surface area contributed by atoms with Crippen LogP contribution in [-0.4, -0.2) is 20.7 Å². The molecule has 0 spiro atoms. The monoisotopic (exact) mass is 283 g/mol. The first-order valence-corrected chi connectivity index (χ1v) is 7.03. The normalized spacial score (nSPS) is 11.8. The van der Waals surface area contributed by atoms with E-state index >= 15 is 0 Å². The first-order chi connectivity index (χ1) is 9.75. The molecule has 0 aromatic carbocycles. The van der Waals surface area contributed by atoms with Crippen molar-refractivity contribution in [2.45, 2.75) is 13.8 Å². The van der Waals surface area contributed by atoms with E-state index in [2.05, 4.69) is 30.9 Å². The van der Waals surface area contributed by atoms with Gasteiger partial charge in [-0.15, -0.1) is 11.3 Å². The van der Waals surface area contributed by atoms with E-state index in [9.17, 15) is 0 Å². The number of thiophene rings is 1. The minimum absolute atomic E-state index is 0.733. The van der Waals surface area contributed by atoms with Gasteiger partial charge in [-0.25, -0.2) is 9.97 Å². The molecule has 0 bridgehead atoms. The van der Waals surface area contributed by atoms with Crippen LogP contribution in [0.4, 0.5) is 5.82 Å². The van der Waals surface area contributed by atoms with E-state index in [0.717, 1.165) is 32.9 Å². The second-order valence-electron chi connectivity index (χ2n) is 4.37. The molecule has 0 fully saturated rings. The van der Waals surface area contributed by atoms with Crippen LogP contribution in [0.3, 0.4) is 0 Å². The van der Waals surface area contributed by atoms with Gasteiger partial charge in [0.05, 0.1) is 15.9 Å². The molecule has 20 heavy (non-hydrogen) atoms. The summed E-state index contributed by atoms with van der Waals surface area (Å²) in [6, 6.07) is 3.86. The number of pyridine rings is 1. The molecule has 3 aromatic rings. The van der Waals surface area contributed by atoms with Crippen LogP contribution in [-0.2, 0) is 0 Å². The number of rotatable bonds is 3. The fraction of sp³-hybridized carbons (Fsp3) is 0.143. The number of nitrogens with zero attached hydrogens (tertiary/aromatic N) is 4. The van der Waals surface area contributed by atoms with Crippen LogP contribution < -0.4 is 5.43 Å². The molecular weight excluding hydrogens is 270 g/mol. The van der Waals surface area contributed by atoms with Crippen molar-refractivity contribution < 1.29 is 0 Å². The van der Waals surface area contributed by atoms with Gasteiger partial charge in [-0.05, 0) is 30.9 Å². The van der Waals surface area contributed by atoms with E-state index in [4.69, 9.17) is 0 Å². The predicted octanol–water partition coefficient (Wildman–Crippen LogP) is 3.23. The van der Waals surface area contributed by atoms with Gasteiger partial charge in [0, 0.05) is 18.0 Å². The van der Waals surface area contributed by atoms with Gasteiger partial charge in [-0.1, -0.05) is 6.07 Å². The van der Waals surface area contributed by atoms with Crippen LogP contribution in [0.2, 0.25) is 0 Å².